The first-order valence-corrected chi connectivity index (χ1v) is 6.49. The number of thiazole rings is 1. The average Bonchev–Trinajstić information content (AvgIpc) is 2.85. The molecule has 1 aromatic carbocycles. The molecule has 0 saturated carbocycles. The van der Waals surface area contributed by atoms with Crippen molar-refractivity contribution in [2.45, 2.75) is 6.18 Å². The van der Waals surface area contributed by atoms with Crippen LogP contribution < -0.4 is 5.73 Å². The standard InChI is InChI=1S/C13H8F3N3S/c14-13(15,16)9-3-8(5-18-12(9)17)7-1-2-10-11(4-7)20-6-19-10/h1-6H,(H2,17,18). The Morgan fingerprint density at radius 3 is 2.60 bits per heavy atom. The lowest BCUT2D eigenvalue weighted by atomic mass is 10.1. The maximum absolute atomic E-state index is 12.8. The highest BCUT2D eigenvalue weighted by atomic mass is 32.1. The van der Waals surface area contributed by atoms with Crippen LogP contribution in [0.4, 0.5) is 19.0 Å². The third-order valence-electron chi connectivity index (χ3n) is 2.89. The monoisotopic (exact) mass is 295 g/mol. The number of aromatic nitrogens is 2. The third kappa shape index (κ3) is 2.20. The highest BCUT2D eigenvalue weighted by Gasteiger charge is 2.34. The van der Waals surface area contributed by atoms with Gasteiger partial charge in [0.15, 0.2) is 0 Å². The van der Waals surface area contributed by atoms with E-state index in [1.807, 2.05) is 0 Å². The number of nitrogen functional groups attached to an aromatic ring is 1. The molecule has 0 amide bonds. The van der Waals surface area contributed by atoms with Crippen LogP contribution in [-0.4, -0.2) is 9.97 Å². The summed E-state index contributed by atoms with van der Waals surface area (Å²) in [6.45, 7) is 0. The van der Waals surface area contributed by atoms with Crippen molar-refractivity contribution in [3.8, 4) is 11.1 Å². The van der Waals surface area contributed by atoms with Crippen molar-refractivity contribution in [2.24, 2.45) is 0 Å². The molecule has 0 aliphatic rings. The summed E-state index contributed by atoms with van der Waals surface area (Å²) >= 11 is 1.43. The predicted octanol–water partition coefficient (Wildman–Crippen LogP) is 3.96. The molecule has 2 heterocycles. The van der Waals surface area contributed by atoms with E-state index >= 15 is 0 Å². The van der Waals surface area contributed by atoms with Crippen molar-refractivity contribution in [2.75, 3.05) is 5.73 Å². The number of hydrogen-bond donors (Lipinski definition) is 1. The van der Waals surface area contributed by atoms with Gasteiger partial charge in [0.05, 0.1) is 21.3 Å². The average molecular weight is 295 g/mol. The van der Waals surface area contributed by atoms with Gasteiger partial charge in [-0.25, -0.2) is 9.97 Å². The summed E-state index contributed by atoms with van der Waals surface area (Å²) in [6.07, 6.45) is -3.17. The van der Waals surface area contributed by atoms with Gasteiger partial charge in [0, 0.05) is 11.8 Å². The van der Waals surface area contributed by atoms with Gasteiger partial charge in [-0.1, -0.05) is 6.07 Å². The second kappa shape index (κ2) is 4.45. The summed E-state index contributed by atoms with van der Waals surface area (Å²) in [5, 5.41) is 0. The van der Waals surface area contributed by atoms with Crippen LogP contribution in [-0.2, 0) is 6.18 Å². The Bertz CT molecular complexity index is 780. The van der Waals surface area contributed by atoms with Crippen molar-refractivity contribution in [1.82, 2.24) is 9.97 Å². The van der Waals surface area contributed by atoms with E-state index in [1.54, 1.807) is 23.7 Å². The minimum atomic E-state index is -4.51. The quantitative estimate of drug-likeness (QED) is 0.739. The molecule has 0 bridgehead atoms. The molecule has 0 saturated heterocycles. The van der Waals surface area contributed by atoms with Gasteiger partial charge in [0.25, 0.3) is 0 Å². The number of halogens is 3. The van der Waals surface area contributed by atoms with E-state index in [4.69, 9.17) is 5.73 Å². The van der Waals surface area contributed by atoms with Crippen molar-refractivity contribution < 1.29 is 13.2 Å². The number of nitrogens with two attached hydrogens (primary N) is 1. The van der Waals surface area contributed by atoms with Crippen molar-refractivity contribution >= 4 is 27.4 Å². The SMILES string of the molecule is Nc1ncc(-c2ccc3ncsc3c2)cc1C(F)(F)F. The molecular formula is C13H8F3N3S. The van der Waals surface area contributed by atoms with Gasteiger partial charge in [-0.15, -0.1) is 11.3 Å². The molecule has 0 spiro atoms. The molecule has 7 heteroatoms. The number of pyridine rings is 1. The Morgan fingerprint density at radius 1 is 1.05 bits per heavy atom. The molecule has 3 rings (SSSR count). The molecule has 2 aromatic heterocycles. The Hall–Kier alpha value is -2.15. The third-order valence-corrected chi connectivity index (χ3v) is 3.68. The van der Waals surface area contributed by atoms with Crippen LogP contribution in [0.15, 0.2) is 36.0 Å². The lowest BCUT2D eigenvalue weighted by Gasteiger charge is -2.11. The van der Waals surface area contributed by atoms with E-state index in [2.05, 4.69) is 9.97 Å². The number of rotatable bonds is 1. The summed E-state index contributed by atoms with van der Waals surface area (Å²) in [5.74, 6) is -0.514. The molecule has 0 fully saturated rings. The number of hydrogen-bond acceptors (Lipinski definition) is 4. The Kier molecular flexibility index (Phi) is 2.86. The van der Waals surface area contributed by atoms with E-state index in [-0.39, 0.29) is 0 Å². The van der Waals surface area contributed by atoms with Crippen molar-refractivity contribution in [1.29, 1.82) is 0 Å². The Morgan fingerprint density at radius 2 is 1.85 bits per heavy atom. The molecule has 20 heavy (non-hydrogen) atoms. The van der Waals surface area contributed by atoms with Crippen LogP contribution in [0.2, 0.25) is 0 Å². The fourth-order valence-corrected chi connectivity index (χ4v) is 2.61. The fourth-order valence-electron chi connectivity index (χ4n) is 1.89. The van der Waals surface area contributed by atoms with E-state index in [1.165, 1.54) is 17.5 Å². The fraction of sp³-hybridized carbons (Fsp3) is 0.0769. The number of fused-ring (bicyclic) bond motifs is 1. The predicted molar refractivity (Wildman–Crippen MR) is 72.3 cm³/mol. The van der Waals surface area contributed by atoms with Crippen LogP contribution >= 0.6 is 11.3 Å². The van der Waals surface area contributed by atoms with Gasteiger partial charge < -0.3 is 5.73 Å². The first kappa shape index (κ1) is 12.9. The highest BCUT2D eigenvalue weighted by molar-refractivity contribution is 7.16. The van der Waals surface area contributed by atoms with Crippen molar-refractivity contribution in [3.63, 3.8) is 0 Å². The van der Waals surface area contributed by atoms with Gasteiger partial charge in [0.2, 0.25) is 0 Å². The molecule has 0 unspecified atom stereocenters. The lowest BCUT2D eigenvalue weighted by molar-refractivity contribution is -0.137. The Balaban J connectivity index is 2.14. The van der Waals surface area contributed by atoms with Gasteiger partial charge >= 0.3 is 6.18 Å². The molecular weight excluding hydrogens is 287 g/mol. The zero-order valence-corrected chi connectivity index (χ0v) is 10.8. The molecule has 0 aliphatic carbocycles. The molecule has 0 atom stereocenters. The van der Waals surface area contributed by atoms with Gasteiger partial charge in [-0.2, -0.15) is 13.2 Å². The molecule has 3 nitrogen and oxygen atoms in total. The van der Waals surface area contributed by atoms with Crippen LogP contribution in [0.25, 0.3) is 21.3 Å². The van der Waals surface area contributed by atoms with Crippen molar-refractivity contribution in [3.05, 3.63) is 41.5 Å². The summed E-state index contributed by atoms with van der Waals surface area (Å²) < 4.78 is 39.4. The summed E-state index contributed by atoms with van der Waals surface area (Å²) in [6, 6.07) is 6.30. The smallest absolute Gasteiger partial charge is 0.383 e. The van der Waals surface area contributed by atoms with Crippen LogP contribution in [0, 0.1) is 0 Å². The topological polar surface area (TPSA) is 51.8 Å². The Labute approximate surface area is 115 Å². The maximum Gasteiger partial charge on any atom is 0.419 e. The number of benzene rings is 1. The van der Waals surface area contributed by atoms with Gasteiger partial charge in [-0.3, -0.25) is 0 Å². The molecule has 2 N–H and O–H groups in total. The molecule has 0 radical (unpaired) electrons. The van der Waals surface area contributed by atoms with Crippen LogP contribution in [0.1, 0.15) is 5.56 Å². The lowest BCUT2D eigenvalue weighted by Crippen LogP contribution is -2.10. The zero-order chi connectivity index (χ0) is 14.3. The first-order chi connectivity index (χ1) is 9.45. The van der Waals surface area contributed by atoms with E-state index < -0.39 is 17.6 Å². The second-order valence-corrected chi connectivity index (χ2v) is 5.08. The largest absolute Gasteiger partial charge is 0.419 e. The molecule has 3 aromatic rings. The summed E-state index contributed by atoms with van der Waals surface area (Å²) in [4.78, 5) is 7.76. The zero-order valence-electron chi connectivity index (χ0n) is 9.98. The molecule has 0 aliphatic heterocycles. The maximum atomic E-state index is 12.8. The second-order valence-electron chi connectivity index (χ2n) is 4.19. The normalized spacial score (nSPS) is 11.9. The van der Waals surface area contributed by atoms with Gasteiger partial charge in [-0.05, 0) is 23.8 Å². The summed E-state index contributed by atoms with van der Waals surface area (Å²) in [7, 11) is 0. The number of alkyl halides is 3. The van der Waals surface area contributed by atoms with Crippen LogP contribution in [0.3, 0.4) is 0 Å². The number of anilines is 1. The molecule has 102 valence electrons. The summed E-state index contributed by atoms with van der Waals surface area (Å²) in [5.41, 5.74) is 7.91. The minimum absolute atomic E-state index is 0.377. The van der Waals surface area contributed by atoms with E-state index in [9.17, 15) is 13.2 Å². The van der Waals surface area contributed by atoms with Gasteiger partial charge in [0.1, 0.15) is 5.82 Å². The van der Waals surface area contributed by atoms with E-state index in [0.717, 1.165) is 16.3 Å². The van der Waals surface area contributed by atoms with E-state index in [0.29, 0.717) is 11.1 Å². The van der Waals surface area contributed by atoms with Crippen LogP contribution in [0.5, 0.6) is 0 Å². The highest BCUT2D eigenvalue weighted by Crippen LogP contribution is 2.35. The first-order valence-electron chi connectivity index (χ1n) is 5.61. The minimum Gasteiger partial charge on any atom is -0.383 e. The number of nitrogens with zero attached hydrogens (tertiary/aromatic N) is 2.